The number of nitrogens with zero attached hydrogens (tertiary/aromatic N) is 4. The molecule has 0 aliphatic heterocycles. The smallest absolute Gasteiger partial charge is 0.264 e. The Labute approximate surface area is 143 Å². The maximum Gasteiger partial charge on any atom is 0.264 e. The van der Waals surface area contributed by atoms with Gasteiger partial charge in [0.2, 0.25) is 0 Å². The van der Waals surface area contributed by atoms with Crippen LogP contribution in [-0.2, 0) is 0 Å². The highest BCUT2D eigenvalue weighted by atomic mass is 32.1. The molecule has 0 spiro atoms. The summed E-state index contributed by atoms with van der Waals surface area (Å²) in [6.07, 6.45) is 1.47. The molecule has 1 atom stereocenters. The number of thiophene rings is 1. The van der Waals surface area contributed by atoms with E-state index in [-0.39, 0.29) is 11.9 Å². The predicted molar refractivity (Wildman–Crippen MR) is 90.5 cm³/mol. The molecule has 1 amide bonds. The summed E-state index contributed by atoms with van der Waals surface area (Å²) in [4.78, 5) is 13.2. The summed E-state index contributed by atoms with van der Waals surface area (Å²) in [5.41, 5.74) is 1.65. The van der Waals surface area contributed by atoms with Crippen LogP contribution < -0.4 is 10.1 Å². The molecule has 0 saturated carbocycles. The summed E-state index contributed by atoms with van der Waals surface area (Å²) in [6, 6.07) is 9.38. The van der Waals surface area contributed by atoms with Crippen LogP contribution in [-0.4, -0.2) is 32.7 Å². The van der Waals surface area contributed by atoms with Crippen LogP contribution in [0.3, 0.4) is 0 Å². The largest absolute Gasteiger partial charge is 0.494 e. The molecule has 0 bridgehead atoms. The number of hydrogen-bond donors (Lipinski definition) is 1. The van der Waals surface area contributed by atoms with Crippen LogP contribution in [0.2, 0.25) is 0 Å². The van der Waals surface area contributed by atoms with E-state index in [2.05, 4.69) is 20.8 Å². The Bertz CT molecular complexity index is 816. The van der Waals surface area contributed by atoms with Crippen LogP contribution in [0.5, 0.6) is 5.75 Å². The lowest BCUT2D eigenvalue weighted by molar-refractivity contribution is 0.0943. The lowest BCUT2D eigenvalue weighted by Crippen LogP contribution is -2.26. The van der Waals surface area contributed by atoms with Crippen LogP contribution in [0.15, 0.2) is 42.0 Å². The third-order valence-electron chi connectivity index (χ3n) is 3.46. The number of ether oxygens (including phenoxy) is 1. The highest BCUT2D eigenvalue weighted by Crippen LogP contribution is 2.23. The van der Waals surface area contributed by atoms with Crippen molar-refractivity contribution in [3.05, 3.63) is 52.5 Å². The summed E-state index contributed by atoms with van der Waals surface area (Å²) in [5.74, 6) is 0.631. The zero-order valence-corrected chi connectivity index (χ0v) is 14.2. The Hall–Kier alpha value is -2.74. The third-order valence-corrected chi connectivity index (χ3v) is 4.37. The molecule has 0 aliphatic carbocycles. The van der Waals surface area contributed by atoms with Gasteiger partial charge in [-0.05, 0) is 53.4 Å². The molecule has 8 heteroatoms. The van der Waals surface area contributed by atoms with Crippen molar-refractivity contribution in [2.24, 2.45) is 0 Å². The molecule has 0 saturated heterocycles. The first kappa shape index (κ1) is 16.1. The molecule has 3 aromatic rings. The number of benzene rings is 1. The van der Waals surface area contributed by atoms with Crippen molar-refractivity contribution in [2.75, 3.05) is 6.61 Å². The average Bonchev–Trinajstić information content (AvgIpc) is 3.26. The zero-order valence-electron chi connectivity index (χ0n) is 13.3. The molecule has 2 aromatic heterocycles. The molecule has 24 heavy (non-hydrogen) atoms. The van der Waals surface area contributed by atoms with Crippen molar-refractivity contribution < 1.29 is 9.53 Å². The van der Waals surface area contributed by atoms with E-state index in [4.69, 9.17) is 4.74 Å². The Balaban J connectivity index is 1.76. The number of amides is 1. The monoisotopic (exact) mass is 343 g/mol. The second-order valence-corrected chi connectivity index (χ2v) is 6.01. The Morgan fingerprint density at radius 3 is 3.04 bits per heavy atom. The molecule has 1 aromatic carbocycles. The van der Waals surface area contributed by atoms with Crippen molar-refractivity contribution in [1.82, 2.24) is 25.5 Å². The van der Waals surface area contributed by atoms with Crippen molar-refractivity contribution in [1.29, 1.82) is 0 Å². The SMILES string of the molecule is CCOc1cccc([C@H](C)NC(=O)c2sccc2-n2cnnn2)c1. The van der Waals surface area contributed by atoms with Gasteiger partial charge in [-0.25, -0.2) is 0 Å². The Morgan fingerprint density at radius 1 is 1.42 bits per heavy atom. The van der Waals surface area contributed by atoms with E-state index >= 15 is 0 Å². The van der Waals surface area contributed by atoms with E-state index in [0.29, 0.717) is 17.2 Å². The third kappa shape index (κ3) is 3.43. The van der Waals surface area contributed by atoms with Gasteiger partial charge in [0.15, 0.2) is 0 Å². The first-order valence-electron chi connectivity index (χ1n) is 7.53. The first-order valence-corrected chi connectivity index (χ1v) is 8.41. The summed E-state index contributed by atoms with van der Waals surface area (Å²) in [5, 5.41) is 15.9. The van der Waals surface area contributed by atoms with Gasteiger partial charge in [0.05, 0.1) is 18.3 Å². The van der Waals surface area contributed by atoms with E-state index in [1.807, 2.05) is 49.6 Å². The van der Waals surface area contributed by atoms with Crippen LogP contribution in [0, 0.1) is 0 Å². The first-order chi connectivity index (χ1) is 11.7. The van der Waals surface area contributed by atoms with Crippen LogP contribution >= 0.6 is 11.3 Å². The molecule has 0 aliphatic rings. The van der Waals surface area contributed by atoms with Gasteiger partial charge in [-0.2, -0.15) is 4.68 Å². The van der Waals surface area contributed by atoms with Gasteiger partial charge in [-0.15, -0.1) is 16.4 Å². The number of nitrogens with one attached hydrogen (secondary N) is 1. The van der Waals surface area contributed by atoms with Crippen molar-refractivity contribution in [3.8, 4) is 11.4 Å². The number of tetrazole rings is 1. The molecule has 0 fully saturated rings. The van der Waals surface area contributed by atoms with E-state index in [1.54, 1.807) is 0 Å². The minimum absolute atomic E-state index is 0.151. The summed E-state index contributed by atoms with van der Waals surface area (Å²) >= 11 is 1.35. The Morgan fingerprint density at radius 2 is 2.29 bits per heavy atom. The normalized spacial score (nSPS) is 11.9. The van der Waals surface area contributed by atoms with Crippen LogP contribution in [0.25, 0.3) is 5.69 Å². The maximum absolute atomic E-state index is 12.6. The Kier molecular flexibility index (Phi) is 4.85. The summed E-state index contributed by atoms with van der Waals surface area (Å²) in [7, 11) is 0. The molecule has 2 heterocycles. The summed E-state index contributed by atoms with van der Waals surface area (Å²) < 4.78 is 6.98. The summed E-state index contributed by atoms with van der Waals surface area (Å²) in [6.45, 7) is 4.48. The molecular weight excluding hydrogens is 326 g/mol. The second-order valence-electron chi connectivity index (χ2n) is 5.09. The molecule has 0 unspecified atom stereocenters. The number of aromatic nitrogens is 4. The van der Waals surface area contributed by atoms with Gasteiger partial charge in [0.1, 0.15) is 17.0 Å². The van der Waals surface area contributed by atoms with Crippen molar-refractivity contribution in [2.45, 2.75) is 19.9 Å². The fraction of sp³-hybridized carbons (Fsp3) is 0.250. The van der Waals surface area contributed by atoms with E-state index in [9.17, 15) is 4.79 Å². The highest BCUT2D eigenvalue weighted by molar-refractivity contribution is 7.12. The molecule has 3 rings (SSSR count). The fourth-order valence-electron chi connectivity index (χ4n) is 2.31. The standard InChI is InChI=1S/C16H17N5O2S/c1-3-23-13-6-4-5-12(9-13)11(2)18-16(22)15-14(7-8-24-15)21-10-17-19-20-21/h4-11H,3H2,1-2H3,(H,18,22)/t11-/m0/s1. The number of carbonyl (C=O) groups excluding carboxylic acids is 1. The van der Waals surface area contributed by atoms with Gasteiger partial charge in [-0.3, -0.25) is 4.79 Å². The lowest BCUT2D eigenvalue weighted by atomic mass is 10.1. The molecule has 1 N–H and O–H groups in total. The maximum atomic E-state index is 12.6. The minimum atomic E-state index is -0.162. The quantitative estimate of drug-likeness (QED) is 0.744. The fourth-order valence-corrected chi connectivity index (χ4v) is 3.09. The topological polar surface area (TPSA) is 81.9 Å². The van der Waals surface area contributed by atoms with Gasteiger partial charge >= 0.3 is 0 Å². The average molecular weight is 343 g/mol. The molecular formula is C16H17N5O2S. The van der Waals surface area contributed by atoms with E-state index in [0.717, 1.165) is 11.3 Å². The number of hydrogen-bond acceptors (Lipinski definition) is 6. The number of carbonyl (C=O) groups is 1. The van der Waals surface area contributed by atoms with Crippen LogP contribution in [0.1, 0.15) is 35.1 Å². The highest BCUT2D eigenvalue weighted by Gasteiger charge is 2.18. The lowest BCUT2D eigenvalue weighted by Gasteiger charge is -2.15. The zero-order chi connectivity index (χ0) is 16.9. The van der Waals surface area contributed by atoms with Gasteiger partial charge in [0, 0.05) is 0 Å². The molecule has 7 nitrogen and oxygen atoms in total. The van der Waals surface area contributed by atoms with Gasteiger partial charge < -0.3 is 10.1 Å². The molecule has 124 valence electrons. The minimum Gasteiger partial charge on any atom is -0.494 e. The van der Waals surface area contributed by atoms with Gasteiger partial charge in [-0.1, -0.05) is 12.1 Å². The predicted octanol–water partition coefficient (Wildman–Crippen LogP) is 2.61. The molecule has 0 radical (unpaired) electrons. The van der Waals surface area contributed by atoms with Crippen molar-refractivity contribution >= 4 is 17.2 Å². The second kappa shape index (κ2) is 7.22. The van der Waals surface area contributed by atoms with Crippen LogP contribution in [0.4, 0.5) is 0 Å². The van der Waals surface area contributed by atoms with Gasteiger partial charge in [0.25, 0.3) is 5.91 Å². The van der Waals surface area contributed by atoms with E-state index < -0.39 is 0 Å². The van der Waals surface area contributed by atoms with E-state index in [1.165, 1.54) is 22.3 Å². The van der Waals surface area contributed by atoms with Crippen molar-refractivity contribution in [3.63, 3.8) is 0 Å². The number of rotatable bonds is 6.